The van der Waals surface area contributed by atoms with Gasteiger partial charge in [0.05, 0.1) is 10.6 Å². The van der Waals surface area contributed by atoms with Gasteiger partial charge in [-0.05, 0) is 43.3 Å². The van der Waals surface area contributed by atoms with Crippen molar-refractivity contribution in [2.24, 2.45) is 0 Å². The van der Waals surface area contributed by atoms with Crippen molar-refractivity contribution in [1.82, 2.24) is 0 Å². The van der Waals surface area contributed by atoms with Gasteiger partial charge in [-0.15, -0.1) is 0 Å². The van der Waals surface area contributed by atoms with E-state index in [1.54, 1.807) is 48.5 Å². The molecule has 4 rings (SSSR count). The number of rotatable bonds is 3. The van der Waals surface area contributed by atoms with Gasteiger partial charge in [0.2, 0.25) is 5.91 Å². The summed E-state index contributed by atoms with van der Waals surface area (Å²) in [7, 11) is -3.89. The number of amides is 1. The number of nitrogens with zero attached hydrogens (tertiary/aromatic N) is 1. The Morgan fingerprint density at radius 3 is 2.38 bits per heavy atom. The highest BCUT2D eigenvalue weighted by Gasteiger charge is 2.35. The number of fused-ring (bicyclic) bond motifs is 3. The maximum Gasteiger partial charge on any atom is 0.265 e. The third-order valence-electron chi connectivity index (χ3n) is 4.60. The second-order valence-corrected chi connectivity index (χ2v) is 9.44. The van der Waals surface area contributed by atoms with Gasteiger partial charge in [0.25, 0.3) is 10.0 Å². The second-order valence-electron chi connectivity index (χ2n) is 6.73. The molecule has 0 bridgehead atoms. The van der Waals surface area contributed by atoms with Crippen molar-refractivity contribution in [2.45, 2.75) is 11.8 Å². The first-order valence-corrected chi connectivity index (χ1v) is 10.9. The van der Waals surface area contributed by atoms with Gasteiger partial charge in [-0.25, -0.2) is 8.42 Å². The first-order valence-electron chi connectivity index (χ1n) is 8.74. The van der Waals surface area contributed by atoms with E-state index in [-0.39, 0.29) is 11.4 Å². The minimum absolute atomic E-state index is 0.178. The quantitative estimate of drug-likeness (QED) is 0.607. The number of hydrogen-bond acceptors (Lipinski definition) is 3. The van der Waals surface area contributed by atoms with Gasteiger partial charge in [-0.2, -0.15) is 0 Å². The van der Waals surface area contributed by atoms with Crippen LogP contribution >= 0.6 is 23.2 Å². The highest BCUT2D eigenvalue weighted by molar-refractivity contribution is 7.93. The molecular formula is C21H16Cl2N2O3S. The third kappa shape index (κ3) is 3.71. The predicted octanol–water partition coefficient (Wildman–Crippen LogP) is 5.12. The summed E-state index contributed by atoms with van der Waals surface area (Å²) in [5, 5.41) is 3.40. The molecular weight excluding hydrogens is 431 g/mol. The summed E-state index contributed by atoms with van der Waals surface area (Å²) >= 11 is 11.9. The molecule has 1 aliphatic heterocycles. The van der Waals surface area contributed by atoms with Gasteiger partial charge in [-0.1, -0.05) is 53.0 Å². The van der Waals surface area contributed by atoms with Crippen LogP contribution in [0.2, 0.25) is 10.0 Å². The van der Waals surface area contributed by atoms with E-state index < -0.39 is 15.9 Å². The van der Waals surface area contributed by atoms with Crippen LogP contribution in [0.4, 0.5) is 11.4 Å². The number of benzene rings is 3. The summed E-state index contributed by atoms with van der Waals surface area (Å²) in [5.41, 5.74) is 3.26. The van der Waals surface area contributed by atoms with E-state index in [2.05, 4.69) is 5.32 Å². The number of carbonyl (C=O) groups excluding carboxylic acids is 1. The van der Waals surface area contributed by atoms with E-state index in [0.717, 1.165) is 15.4 Å². The Morgan fingerprint density at radius 1 is 0.966 bits per heavy atom. The van der Waals surface area contributed by atoms with Gasteiger partial charge in [0, 0.05) is 26.9 Å². The van der Waals surface area contributed by atoms with Crippen molar-refractivity contribution in [3.05, 3.63) is 76.3 Å². The van der Waals surface area contributed by atoms with Crippen molar-refractivity contribution >= 4 is 50.5 Å². The van der Waals surface area contributed by atoms with Gasteiger partial charge in [0.15, 0.2) is 0 Å². The zero-order chi connectivity index (χ0) is 20.8. The molecule has 0 saturated heterocycles. The molecule has 0 unspecified atom stereocenters. The highest BCUT2D eigenvalue weighted by Crippen LogP contribution is 2.43. The Balaban J connectivity index is 1.73. The lowest BCUT2D eigenvalue weighted by atomic mass is 10.0. The lowest BCUT2D eigenvalue weighted by Gasteiger charge is -2.31. The Hall–Kier alpha value is -2.54. The molecule has 1 amide bonds. The van der Waals surface area contributed by atoms with Crippen LogP contribution in [0.15, 0.2) is 65.6 Å². The number of sulfonamides is 1. The third-order valence-corrected chi connectivity index (χ3v) is 6.85. The Labute approximate surface area is 178 Å². The topological polar surface area (TPSA) is 66.5 Å². The number of hydrogen-bond donors (Lipinski definition) is 1. The molecule has 3 aromatic rings. The van der Waals surface area contributed by atoms with E-state index in [1.165, 1.54) is 0 Å². The zero-order valence-electron chi connectivity index (χ0n) is 15.3. The fourth-order valence-corrected chi connectivity index (χ4v) is 5.55. The van der Waals surface area contributed by atoms with Crippen molar-refractivity contribution in [3.8, 4) is 11.1 Å². The summed E-state index contributed by atoms with van der Waals surface area (Å²) < 4.78 is 27.6. The zero-order valence-corrected chi connectivity index (χ0v) is 17.6. The van der Waals surface area contributed by atoms with Crippen LogP contribution in [-0.2, 0) is 14.8 Å². The molecule has 0 spiro atoms. The first kappa shape index (κ1) is 19.8. The molecule has 0 aliphatic carbocycles. The highest BCUT2D eigenvalue weighted by atomic mass is 35.5. The molecule has 5 nitrogen and oxygen atoms in total. The number of carbonyl (C=O) groups is 1. The molecule has 0 aromatic heterocycles. The molecule has 148 valence electrons. The van der Waals surface area contributed by atoms with Gasteiger partial charge >= 0.3 is 0 Å². The minimum atomic E-state index is -3.89. The van der Waals surface area contributed by atoms with Crippen LogP contribution in [-0.4, -0.2) is 20.9 Å². The lowest BCUT2D eigenvalue weighted by molar-refractivity contribution is -0.114. The van der Waals surface area contributed by atoms with E-state index in [4.69, 9.17) is 23.2 Å². The van der Waals surface area contributed by atoms with Gasteiger partial charge in [-0.3, -0.25) is 9.10 Å². The molecule has 0 radical (unpaired) electrons. The van der Waals surface area contributed by atoms with E-state index >= 15 is 0 Å². The molecule has 0 saturated carbocycles. The normalized spacial score (nSPS) is 14.1. The molecule has 3 aromatic carbocycles. The van der Waals surface area contributed by atoms with Crippen molar-refractivity contribution in [1.29, 1.82) is 0 Å². The van der Waals surface area contributed by atoms with Crippen LogP contribution in [0, 0.1) is 6.92 Å². The first-order chi connectivity index (χ1) is 13.8. The summed E-state index contributed by atoms with van der Waals surface area (Å²) in [6.45, 7) is 1.56. The minimum Gasteiger partial charge on any atom is -0.324 e. The largest absolute Gasteiger partial charge is 0.324 e. The van der Waals surface area contributed by atoms with Gasteiger partial charge in [0.1, 0.15) is 6.54 Å². The molecule has 29 heavy (non-hydrogen) atoms. The molecule has 8 heteroatoms. The number of aryl methyl sites for hydroxylation is 1. The lowest BCUT2D eigenvalue weighted by Crippen LogP contribution is -2.40. The van der Waals surface area contributed by atoms with Crippen LogP contribution in [0.25, 0.3) is 11.1 Å². The standard InChI is InChI=1S/C21H16Cl2N2O3S/c1-13-6-7-19-18(8-13)17-4-2-3-5-20(17)29(27,28)25(19)12-21(26)24-16-10-14(22)9-15(23)11-16/h2-11H,12H2,1H3,(H,24,26). The SMILES string of the molecule is Cc1ccc2c(c1)-c1ccccc1S(=O)(=O)N2CC(=O)Nc1cc(Cl)cc(Cl)c1. The van der Waals surface area contributed by atoms with Crippen LogP contribution < -0.4 is 9.62 Å². The maximum atomic E-state index is 13.3. The summed E-state index contributed by atoms with van der Waals surface area (Å²) in [6, 6.07) is 16.9. The van der Waals surface area contributed by atoms with Gasteiger partial charge < -0.3 is 5.32 Å². The second kappa shape index (κ2) is 7.37. The molecule has 1 N–H and O–H groups in total. The molecule has 1 heterocycles. The smallest absolute Gasteiger partial charge is 0.265 e. The Kier molecular flexibility index (Phi) is 5.02. The summed E-state index contributed by atoms with van der Waals surface area (Å²) in [6.07, 6.45) is 0. The van der Waals surface area contributed by atoms with Crippen LogP contribution in [0.3, 0.4) is 0 Å². The fraction of sp³-hybridized carbons (Fsp3) is 0.0952. The predicted molar refractivity (Wildman–Crippen MR) is 116 cm³/mol. The maximum absolute atomic E-state index is 13.3. The van der Waals surface area contributed by atoms with E-state index in [1.807, 2.05) is 19.1 Å². The monoisotopic (exact) mass is 446 g/mol. The van der Waals surface area contributed by atoms with E-state index in [0.29, 0.717) is 27.0 Å². The number of nitrogens with one attached hydrogen (secondary N) is 1. The molecule has 1 aliphatic rings. The van der Waals surface area contributed by atoms with Crippen molar-refractivity contribution in [3.63, 3.8) is 0 Å². The summed E-state index contributed by atoms with van der Waals surface area (Å²) in [5.74, 6) is -0.502. The average molecular weight is 447 g/mol. The number of anilines is 2. The Morgan fingerprint density at radius 2 is 1.66 bits per heavy atom. The average Bonchev–Trinajstić information content (AvgIpc) is 2.64. The van der Waals surface area contributed by atoms with E-state index in [9.17, 15) is 13.2 Å². The Bertz CT molecular complexity index is 1220. The van der Waals surface area contributed by atoms with Crippen LogP contribution in [0.5, 0.6) is 0 Å². The fourth-order valence-electron chi connectivity index (χ4n) is 3.37. The molecule has 0 atom stereocenters. The molecule has 0 fully saturated rings. The number of halogens is 2. The van der Waals surface area contributed by atoms with Crippen molar-refractivity contribution in [2.75, 3.05) is 16.2 Å². The van der Waals surface area contributed by atoms with Crippen molar-refractivity contribution < 1.29 is 13.2 Å². The summed E-state index contributed by atoms with van der Waals surface area (Å²) in [4.78, 5) is 12.9. The van der Waals surface area contributed by atoms with Crippen LogP contribution in [0.1, 0.15) is 5.56 Å².